The lowest BCUT2D eigenvalue weighted by Crippen LogP contribution is -2.30. The van der Waals surface area contributed by atoms with Gasteiger partial charge in [0.2, 0.25) is 0 Å². The van der Waals surface area contributed by atoms with Gasteiger partial charge in [0.25, 0.3) is 5.91 Å². The van der Waals surface area contributed by atoms with Crippen LogP contribution in [-0.2, 0) is 20.9 Å². The van der Waals surface area contributed by atoms with Gasteiger partial charge >= 0.3 is 5.97 Å². The molecule has 1 heterocycles. The predicted octanol–water partition coefficient (Wildman–Crippen LogP) is 4.80. The second-order valence-corrected chi connectivity index (χ2v) is 7.71. The summed E-state index contributed by atoms with van der Waals surface area (Å²) < 4.78 is 5.36. The standard InChI is InChI=1S/C24H23NO3S/c1-18-8-6-11-20(14-18)15-21(22-12-7-13-29-22)24(27)28-17-23(26)25(2)16-19-9-4-3-5-10-19/h3-15H,16-17H2,1-2H3/b21-15+. The van der Waals surface area contributed by atoms with E-state index in [1.807, 2.05) is 79.0 Å². The largest absolute Gasteiger partial charge is 0.452 e. The van der Waals surface area contributed by atoms with Crippen LogP contribution in [0.15, 0.2) is 72.1 Å². The summed E-state index contributed by atoms with van der Waals surface area (Å²) in [6.07, 6.45) is 1.80. The number of thiophene rings is 1. The average molecular weight is 406 g/mol. The maximum Gasteiger partial charge on any atom is 0.340 e. The summed E-state index contributed by atoms with van der Waals surface area (Å²) in [5, 5.41) is 1.91. The number of hydrogen-bond acceptors (Lipinski definition) is 4. The molecule has 0 fully saturated rings. The Morgan fingerprint density at radius 1 is 1.03 bits per heavy atom. The molecular weight excluding hydrogens is 382 g/mol. The van der Waals surface area contributed by atoms with Gasteiger partial charge in [0.1, 0.15) is 0 Å². The summed E-state index contributed by atoms with van der Waals surface area (Å²) >= 11 is 1.46. The van der Waals surface area contributed by atoms with E-state index in [-0.39, 0.29) is 12.5 Å². The number of amides is 1. The first-order valence-corrected chi connectivity index (χ1v) is 10.2. The average Bonchev–Trinajstić information content (AvgIpc) is 3.25. The van der Waals surface area contributed by atoms with Crippen LogP contribution in [0.4, 0.5) is 0 Å². The molecule has 0 N–H and O–H groups in total. The highest BCUT2D eigenvalue weighted by molar-refractivity contribution is 7.11. The lowest BCUT2D eigenvalue weighted by molar-refractivity contribution is -0.147. The molecule has 0 aliphatic carbocycles. The fourth-order valence-corrected chi connectivity index (χ4v) is 3.58. The smallest absolute Gasteiger partial charge is 0.340 e. The van der Waals surface area contributed by atoms with Crippen LogP contribution in [0.3, 0.4) is 0 Å². The normalized spacial score (nSPS) is 11.2. The molecule has 29 heavy (non-hydrogen) atoms. The predicted molar refractivity (Wildman–Crippen MR) is 117 cm³/mol. The second kappa shape index (κ2) is 9.85. The molecule has 3 rings (SSSR count). The van der Waals surface area contributed by atoms with E-state index in [9.17, 15) is 9.59 Å². The molecule has 1 amide bonds. The van der Waals surface area contributed by atoms with E-state index in [4.69, 9.17) is 4.74 Å². The highest BCUT2D eigenvalue weighted by Crippen LogP contribution is 2.24. The van der Waals surface area contributed by atoms with Crippen molar-refractivity contribution in [3.8, 4) is 0 Å². The number of likely N-dealkylation sites (N-methyl/N-ethyl adjacent to an activating group) is 1. The van der Waals surface area contributed by atoms with E-state index in [1.165, 1.54) is 11.3 Å². The fourth-order valence-electron chi connectivity index (χ4n) is 2.85. The van der Waals surface area contributed by atoms with Crippen LogP contribution in [0.25, 0.3) is 11.6 Å². The molecule has 3 aromatic rings. The minimum atomic E-state index is -0.504. The van der Waals surface area contributed by atoms with Crippen molar-refractivity contribution in [2.75, 3.05) is 13.7 Å². The molecule has 0 aliphatic heterocycles. The molecule has 0 bridgehead atoms. The lowest BCUT2D eigenvalue weighted by Gasteiger charge is -2.17. The van der Waals surface area contributed by atoms with Crippen molar-refractivity contribution in [3.63, 3.8) is 0 Å². The van der Waals surface area contributed by atoms with Crippen LogP contribution in [0.1, 0.15) is 21.6 Å². The summed E-state index contributed by atoms with van der Waals surface area (Å²) in [7, 11) is 1.70. The molecule has 0 saturated carbocycles. The Morgan fingerprint density at radius 2 is 1.83 bits per heavy atom. The number of aryl methyl sites for hydroxylation is 1. The van der Waals surface area contributed by atoms with Crippen LogP contribution in [0.2, 0.25) is 0 Å². The molecule has 0 spiro atoms. The van der Waals surface area contributed by atoms with Gasteiger partial charge < -0.3 is 9.64 Å². The van der Waals surface area contributed by atoms with Gasteiger partial charge in [0, 0.05) is 18.5 Å². The van der Waals surface area contributed by atoms with Crippen LogP contribution >= 0.6 is 11.3 Å². The first kappa shape index (κ1) is 20.6. The zero-order valence-electron chi connectivity index (χ0n) is 16.5. The Kier molecular flexibility index (Phi) is 6.98. The molecule has 148 valence electrons. The Balaban J connectivity index is 1.68. The Morgan fingerprint density at radius 3 is 2.52 bits per heavy atom. The van der Waals surface area contributed by atoms with Gasteiger partial charge in [-0.3, -0.25) is 4.79 Å². The van der Waals surface area contributed by atoms with E-state index < -0.39 is 5.97 Å². The Labute approximate surface area is 175 Å². The second-order valence-electron chi connectivity index (χ2n) is 6.76. The van der Waals surface area contributed by atoms with Gasteiger partial charge in [-0.15, -0.1) is 11.3 Å². The number of rotatable bonds is 7. The van der Waals surface area contributed by atoms with Crippen molar-refractivity contribution >= 4 is 34.9 Å². The lowest BCUT2D eigenvalue weighted by atomic mass is 10.1. The minimum absolute atomic E-state index is 0.247. The zero-order chi connectivity index (χ0) is 20.6. The third kappa shape index (κ3) is 5.90. The molecule has 4 nitrogen and oxygen atoms in total. The van der Waals surface area contributed by atoms with Gasteiger partial charge in [-0.2, -0.15) is 0 Å². The number of esters is 1. The van der Waals surface area contributed by atoms with Crippen molar-refractivity contribution in [2.45, 2.75) is 13.5 Å². The third-order valence-electron chi connectivity index (χ3n) is 4.37. The van der Waals surface area contributed by atoms with Gasteiger partial charge in [0.05, 0.1) is 5.57 Å². The molecule has 0 atom stereocenters. The summed E-state index contributed by atoms with van der Waals surface area (Å²) in [5.74, 6) is -0.751. The molecule has 0 unspecified atom stereocenters. The number of nitrogens with zero attached hydrogens (tertiary/aromatic N) is 1. The van der Waals surface area contributed by atoms with Crippen molar-refractivity contribution in [1.82, 2.24) is 4.90 Å². The van der Waals surface area contributed by atoms with E-state index in [1.54, 1.807) is 18.0 Å². The topological polar surface area (TPSA) is 46.6 Å². The quantitative estimate of drug-likeness (QED) is 0.419. The highest BCUT2D eigenvalue weighted by Gasteiger charge is 2.18. The van der Waals surface area contributed by atoms with Crippen LogP contribution in [0, 0.1) is 6.92 Å². The molecule has 1 aromatic heterocycles. The maximum absolute atomic E-state index is 12.8. The maximum atomic E-state index is 12.8. The van der Waals surface area contributed by atoms with Crippen LogP contribution in [-0.4, -0.2) is 30.4 Å². The fraction of sp³-hybridized carbons (Fsp3) is 0.167. The Hall–Kier alpha value is -3.18. The third-order valence-corrected chi connectivity index (χ3v) is 5.28. The number of hydrogen-bond donors (Lipinski definition) is 0. The van der Waals surface area contributed by atoms with E-state index >= 15 is 0 Å². The molecule has 0 radical (unpaired) electrons. The van der Waals surface area contributed by atoms with E-state index in [0.29, 0.717) is 12.1 Å². The molecular formula is C24H23NO3S. The van der Waals surface area contributed by atoms with E-state index in [2.05, 4.69) is 0 Å². The van der Waals surface area contributed by atoms with Crippen molar-refractivity contribution < 1.29 is 14.3 Å². The summed E-state index contributed by atoms with van der Waals surface area (Å²) in [4.78, 5) is 27.5. The number of carbonyl (C=O) groups is 2. The minimum Gasteiger partial charge on any atom is -0.452 e. The molecule has 5 heteroatoms. The summed E-state index contributed by atoms with van der Waals surface area (Å²) in [6.45, 7) is 2.18. The van der Waals surface area contributed by atoms with Crippen molar-refractivity contribution in [3.05, 3.63) is 93.7 Å². The van der Waals surface area contributed by atoms with Gasteiger partial charge in [-0.1, -0.05) is 66.2 Å². The highest BCUT2D eigenvalue weighted by atomic mass is 32.1. The zero-order valence-corrected chi connectivity index (χ0v) is 17.3. The monoisotopic (exact) mass is 405 g/mol. The van der Waals surface area contributed by atoms with Crippen LogP contribution < -0.4 is 0 Å². The summed E-state index contributed by atoms with van der Waals surface area (Å²) in [6, 6.07) is 21.3. The first-order valence-electron chi connectivity index (χ1n) is 9.30. The first-order chi connectivity index (χ1) is 14.0. The number of carbonyl (C=O) groups excluding carboxylic acids is 2. The van der Waals surface area contributed by atoms with Crippen molar-refractivity contribution in [2.24, 2.45) is 0 Å². The van der Waals surface area contributed by atoms with Crippen LogP contribution in [0.5, 0.6) is 0 Å². The molecule has 2 aromatic carbocycles. The molecule has 0 aliphatic rings. The SMILES string of the molecule is Cc1cccc(/C=C(/C(=O)OCC(=O)N(C)Cc2ccccc2)c2cccs2)c1. The van der Waals surface area contributed by atoms with Gasteiger partial charge in [-0.25, -0.2) is 4.79 Å². The van der Waals surface area contributed by atoms with Crippen molar-refractivity contribution in [1.29, 1.82) is 0 Å². The number of benzene rings is 2. The Bertz CT molecular complexity index is 994. The number of ether oxygens (including phenoxy) is 1. The van der Waals surface area contributed by atoms with Gasteiger partial charge in [0.15, 0.2) is 6.61 Å². The molecule has 0 saturated heterocycles. The summed E-state index contributed by atoms with van der Waals surface area (Å²) in [5.41, 5.74) is 3.49. The van der Waals surface area contributed by atoms with E-state index in [0.717, 1.165) is 21.6 Å². The van der Waals surface area contributed by atoms with Gasteiger partial charge in [-0.05, 0) is 35.6 Å².